The molecule has 6 nitrogen and oxygen atoms in total. The second-order valence-electron chi connectivity index (χ2n) is 6.39. The van der Waals surface area contributed by atoms with Gasteiger partial charge in [-0.25, -0.2) is 5.48 Å². The number of para-hydroxylation sites is 1. The molecule has 130 valence electrons. The number of rotatable bonds is 5. The van der Waals surface area contributed by atoms with Crippen molar-refractivity contribution in [1.82, 2.24) is 10.4 Å². The first-order chi connectivity index (χ1) is 11.8. The minimum atomic E-state index is -0.520. The molecule has 2 N–H and O–H groups in total. The first-order valence-electron chi connectivity index (χ1n) is 8.52. The zero-order chi connectivity index (χ0) is 16.8. The van der Waals surface area contributed by atoms with Crippen molar-refractivity contribution >= 4 is 17.7 Å². The standard InChI is InChI=1S/C18H25N3O3/c22-18(19-23)6-5-16-3-1-2-4-17(16)21-10-8-20(9-11-21)13-15-7-12-24-14-15/h1-6,15,23H,7-14H2,(H,19,22). The third-order valence-electron chi connectivity index (χ3n) is 4.71. The van der Waals surface area contributed by atoms with Crippen LogP contribution in [-0.4, -0.2) is 62.0 Å². The molecule has 0 aliphatic carbocycles. The van der Waals surface area contributed by atoms with E-state index in [9.17, 15) is 4.79 Å². The third kappa shape index (κ3) is 4.35. The fourth-order valence-corrected chi connectivity index (χ4v) is 3.38. The minimum Gasteiger partial charge on any atom is -0.381 e. The molecule has 3 rings (SSSR count). The summed E-state index contributed by atoms with van der Waals surface area (Å²) in [6, 6.07) is 8.03. The number of hydroxylamine groups is 1. The Kier molecular flexibility index (Phi) is 5.85. The molecule has 1 atom stereocenters. The van der Waals surface area contributed by atoms with Crippen LogP contribution in [0.5, 0.6) is 0 Å². The monoisotopic (exact) mass is 331 g/mol. The summed E-state index contributed by atoms with van der Waals surface area (Å²) in [6.45, 7) is 6.99. The minimum absolute atomic E-state index is 0.520. The summed E-state index contributed by atoms with van der Waals surface area (Å²) in [6.07, 6.45) is 4.26. The van der Waals surface area contributed by atoms with Crippen LogP contribution in [0.1, 0.15) is 12.0 Å². The topological polar surface area (TPSA) is 65.0 Å². The van der Waals surface area contributed by atoms with Crippen LogP contribution in [0.25, 0.3) is 6.08 Å². The molecule has 1 aromatic carbocycles. The molecule has 2 saturated heterocycles. The van der Waals surface area contributed by atoms with E-state index in [1.54, 1.807) is 11.6 Å². The summed E-state index contributed by atoms with van der Waals surface area (Å²) in [5, 5.41) is 8.60. The van der Waals surface area contributed by atoms with Gasteiger partial charge in [0.15, 0.2) is 0 Å². The Morgan fingerprint density at radius 1 is 1.29 bits per heavy atom. The number of anilines is 1. The number of nitrogens with zero attached hydrogens (tertiary/aromatic N) is 2. The molecule has 2 aliphatic rings. The number of carbonyl (C=O) groups is 1. The van der Waals surface area contributed by atoms with Gasteiger partial charge in [0.05, 0.1) is 6.61 Å². The lowest BCUT2D eigenvalue weighted by atomic mass is 10.1. The molecular formula is C18H25N3O3. The molecule has 1 amide bonds. The normalized spacial score (nSPS) is 22.2. The molecule has 2 heterocycles. The van der Waals surface area contributed by atoms with Crippen molar-refractivity contribution in [3.63, 3.8) is 0 Å². The van der Waals surface area contributed by atoms with Crippen molar-refractivity contribution in [3.05, 3.63) is 35.9 Å². The van der Waals surface area contributed by atoms with Crippen LogP contribution >= 0.6 is 0 Å². The van der Waals surface area contributed by atoms with Crippen LogP contribution in [0, 0.1) is 5.92 Å². The smallest absolute Gasteiger partial charge is 0.267 e. The van der Waals surface area contributed by atoms with Crippen LogP contribution in [0.3, 0.4) is 0 Å². The Hall–Kier alpha value is -1.89. The van der Waals surface area contributed by atoms with Crippen molar-refractivity contribution in [1.29, 1.82) is 0 Å². The first-order valence-corrected chi connectivity index (χ1v) is 8.52. The van der Waals surface area contributed by atoms with Gasteiger partial charge in [0.1, 0.15) is 0 Å². The molecule has 6 heteroatoms. The lowest BCUT2D eigenvalue weighted by molar-refractivity contribution is -0.124. The van der Waals surface area contributed by atoms with E-state index in [2.05, 4.69) is 15.9 Å². The molecule has 0 spiro atoms. The SMILES string of the molecule is O=C(C=Cc1ccccc1N1CCN(CC2CCOC2)CC1)NO. The van der Waals surface area contributed by atoms with E-state index in [1.165, 1.54) is 12.5 Å². The summed E-state index contributed by atoms with van der Waals surface area (Å²) >= 11 is 0. The van der Waals surface area contributed by atoms with Crippen LogP contribution in [0.2, 0.25) is 0 Å². The molecule has 0 bridgehead atoms. The second-order valence-corrected chi connectivity index (χ2v) is 6.39. The van der Waals surface area contributed by atoms with Gasteiger partial charge in [-0.3, -0.25) is 14.9 Å². The average Bonchev–Trinajstić information content (AvgIpc) is 3.13. The Bertz CT molecular complexity index is 577. The van der Waals surface area contributed by atoms with Crippen LogP contribution in [-0.2, 0) is 9.53 Å². The highest BCUT2D eigenvalue weighted by atomic mass is 16.5. The van der Waals surface area contributed by atoms with Crippen LogP contribution in [0.15, 0.2) is 30.3 Å². The average molecular weight is 331 g/mol. The zero-order valence-electron chi connectivity index (χ0n) is 13.9. The van der Waals surface area contributed by atoms with E-state index in [4.69, 9.17) is 9.94 Å². The van der Waals surface area contributed by atoms with Crippen molar-refractivity contribution in [2.45, 2.75) is 6.42 Å². The molecule has 1 aromatic rings. The van der Waals surface area contributed by atoms with Gasteiger partial charge in [-0.15, -0.1) is 0 Å². The number of hydrogen-bond acceptors (Lipinski definition) is 5. The van der Waals surface area contributed by atoms with E-state index in [0.717, 1.165) is 57.2 Å². The zero-order valence-corrected chi connectivity index (χ0v) is 13.9. The number of ether oxygens (including phenoxy) is 1. The predicted molar refractivity (Wildman–Crippen MR) is 93.0 cm³/mol. The van der Waals surface area contributed by atoms with Crippen LogP contribution < -0.4 is 10.4 Å². The van der Waals surface area contributed by atoms with Gasteiger partial charge in [0, 0.05) is 51.1 Å². The summed E-state index contributed by atoms with van der Waals surface area (Å²) in [5.41, 5.74) is 3.73. The highest BCUT2D eigenvalue weighted by Crippen LogP contribution is 2.24. The number of piperazine rings is 1. The number of benzene rings is 1. The Labute approximate surface area is 142 Å². The molecule has 0 saturated carbocycles. The van der Waals surface area contributed by atoms with Gasteiger partial charge >= 0.3 is 0 Å². The number of hydrogen-bond donors (Lipinski definition) is 2. The van der Waals surface area contributed by atoms with E-state index in [-0.39, 0.29) is 0 Å². The van der Waals surface area contributed by atoms with Crippen molar-refractivity contribution in [3.8, 4) is 0 Å². The quantitative estimate of drug-likeness (QED) is 0.485. The summed E-state index contributed by atoms with van der Waals surface area (Å²) in [4.78, 5) is 16.1. The highest BCUT2D eigenvalue weighted by molar-refractivity contribution is 5.91. The van der Waals surface area contributed by atoms with Crippen molar-refractivity contribution in [2.75, 3.05) is 50.8 Å². The van der Waals surface area contributed by atoms with Gasteiger partial charge < -0.3 is 9.64 Å². The lowest BCUT2D eigenvalue weighted by Crippen LogP contribution is -2.48. The Balaban J connectivity index is 1.59. The number of carbonyl (C=O) groups excluding carboxylic acids is 1. The molecule has 24 heavy (non-hydrogen) atoms. The van der Waals surface area contributed by atoms with E-state index < -0.39 is 5.91 Å². The third-order valence-corrected chi connectivity index (χ3v) is 4.71. The molecular weight excluding hydrogens is 306 g/mol. The van der Waals surface area contributed by atoms with Crippen LogP contribution in [0.4, 0.5) is 5.69 Å². The van der Waals surface area contributed by atoms with E-state index in [0.29, 0.717) is 5.92 Å². The number of nitrogens with one attached hydrogen (secondary N) is 1. The Morgan fingerprint density at radius 3 is 2.79 bits per heavy atom. The van der Waals surface area contributed by atoms with Gasteiger partial charge in [0.25, 0.3) is 5.91 Å². The maximum atomic E-state index is 11.2. The summed E-state index contributed by atoms with van der Waals surface area (Å²) in [5.74, 6) is 0.164. The maximum absolute atomic E-state index is 11.2. The molecule has 0 radical (unpaired) electrons. The van der Waals surface area contributed by atoms with E-state index >= 15 is 0 Å². The van der Waals surface area contributed by atoms with E-state index in [1.807, 2.05) is 18.2 Å². The summed E-state index contributed by atoms with van der Waals surface area (Å²) in [7, 11) is 0. The molecule has 2 fully saturated rings. The lowest BCUT2D eigenvalue weighted by Gasteiger charge is -2.37. The van der Waals surface area contributed by atoms with Crippen molar-refractivity contribution < 1.29 is 14.7 Å². The van der Waals surface area contributed by atoms with Gasteiger partial charge in [-0.1, -0.05) is 18.2 Å². The largest absolute Gasteiger partial charge is 0.381 e. The highest BCUT2D eigenvalue weighted by Gasteiger charge is 2.23. The molecule has 2 aliphatic heterocycles. The van der Waals surface area contributed by atoms with Gasteiger partial charge in [-0.2, -0.15) is 0 Å². The summed E-state index contributed by atoms with van der Waals surface area (Å²) < 4.78 is 5.47. The molecule has 1 unspecified atom stereocenters. The first kappa shape index (κ1) is 17.0. The number of amides is 1. The second kappa shape index (κ2) is 8.28. The Morgan fingerprint density at radius 2 is 2.08 bits per heavy atom. The maximum Gasteiger partial charge on any atom is 0.267 e. The van der Waals surface area contributed by atoms with Gasteiger partial charge in [-0.05, 0) is 30.0 Å². The van der Waals surface area contributed by atoms with Gasteiger partial charge in [0.2, 0.25) is 0 Å². The predicted octanol–water partition coefficient (Wildman–Crippen LogP) is 1.36. The fraction of sp³-hybridized carbons (Fsp3) is 0.500. The fourth-order valence-electron chi connectivity index (χ4n) is 3.38. The van der Waals surface area contributed by atoms with Crippen molar-refractivity contribution in [2.24, 2.45) is 5.92 Å². The molecule has 0 aromatic heterocycles.